The molecule has 0 aromatic heterocycles. The van der Waals surface area contributed by atoms with E-state index in [2.05, 4.69) is 5.32 Å². The lowest BCUT2D eigenvalue weighted by molar-refractivity contribution is -0.141. The Morgan fingerprint density at radius 3 is 2.19 bits per heavy atom. The molecule has 2 amide bonds. The van der Waals surface area contributed by atoms with Gasteiger partial charge in [0.05, 0.1) is 11.9 Å². The van der Waals surface area contributed by atoms with Crippen molar-refractivity contribution >= 4 is 62.3 Å². The van der Waals surface area contributed by atoms with E-state index in [0.29, 0.717) is 26.3 Å². The van der Waals surface area contributed by atoms with Crippen molar-refractivity contribution in [3.05, 3.63) is 98.5 Å². The number of hydrogen-bond acceptors (Lipinski definition) is 4. The Bertz CT molecular complexity index is 1500. The largest absolute Gasteiger partial charge is 0.352 e. The zero-order valence-electron chi connectivity index (χ0n) is 24.1. The molecule has 1 N–H and O–H groups in total. The second-order valence-corrected chi connectivity index (χ2v) is 13.7. The molecule has 0 radical (unpaired) electrons. The van der Waals surface area contributed by atoms with E-state index in [1.54, 1.807) is 43.3 Å². The number of amides is 2. The van der Waals surface area contributed by atoms with E-state index in [4.69, 9.17) is 34.8 Å². The monoisotopic (exact) mass is 651 g/mol. The standard InChI is InChI=1S/C31H36Cl3N3O4S/c1-21(2)35-31(39)29(17-23-9-6-5-7-10-23)36(20-24-13-15-25(32)18-27(24)34)30(38)11-8-16-37(42(4,40)41)28-19-26(33)14-12-22(28)3/h5-7,9-10,12-15,18-19,21,29H,8,11,16-17,20H2,1-4H3,(H,35,39)/t29-/m1/s1. The van der Waals surface area contributed by atoms with Gasteiger partial charge in [-0.2, -0.15) is 0 Å². The molecule has 11 heteroatoms. The van der Waals surface area contributed by atoms with Gasteiger partial charge in [0.15, 0.2) is 0 Å². The van der Waals surface area contributed by atoms with Crippen LogP contribution >= 0.6 is 34.8 Å². The number of hydrogen-bond donors (Lipinski definition) is 1. The fourth-order valence-corrected chi connectivity index (χ4v) is 6.25. The summed E-state index contributed by atoms with van der Waals surface area (Å²) in [6, 6.07) is 18.5. The second-order valence-electron chi connectivity index (χ2n) is 10.5. The zero-order chi connectivity index (χ0) is 31.0. The van der Waals surface area contributed by atoms with Crippen molar-refractivity contribution in [3.63, 3.8) is 0 Å². The number of nitrogens with one attached hydrogen (secondary N) is 1. The van der Waals surface area contributed by atoms with E-state index in [1.807, 2.05) is 44.2 Å². The van der Waals surface area contributed by atoms with Crippen LogP contribution in [0.2, 0.25) is 15.1 Å². The van der Waals surface area contributed by atoms with Gasteiger partial charge in [-0.25, -0.2) is 8.42 Å². The third-order valence-electron chi connectivity index (χ3n) is 6.65. The SMILES string of the molecule is Cc1ccc(Cl)cc1N(CCCC(=O)N(Cc1ccc(Cl)cc1Cl)[C@H](Cc1ccccc1)C(=O)NC(C)C)S(C)(=O)=O. The van der Waals surface area contributed by atoms with E-state index in [1.165, 1.54) is 9.21 Å². The summed E-state index contributed by atoms with van der Waals surface area (Å²) in [6.07, 6.45) is 1.62. The lowest BCUT2D eigenvalue weighted by atomic mass is 10.0. The maximum atomic E-state index is 13.9. The molecule has 0 spiro atoms. The molecular weight excluding hydrogens is 617 g/mol. The van der Waals surface area contributed by atoms with Crippen LogP contribution in [-0.2, 0) is 32.6 Å². The van der Waals surface area contributed by atoms with Crippen molar-refractivity contribution in [2.75, 3.05) is 17.1 Å². The first-order chi connectivity index (χ1) is 19.8. The van der Waals surface area contributed by atoms with Gasteiger partial charge in [-0.15, -0.1) is 0 Å². The maximum absolute atomic E-state index is 13.9. The minimum atomic E-state index is -3.66. The summed E-state index contributed by atoms with van der Waals surface area (Å²) >= 11 is 18.8. The number of aryl methyl sites for hydroxylation is 1. The lowest BCUT2D eigenvalue weighted by Crippen LogP contribution is -2.51. The number of sulfonamides is 1. The van der Waals surface area contributed by atoms with Crippen LogP contribution in [0.5, 0.6) is 0 Å². The van der Waals surface area contributed by atoms with E-state index >= 15 is 0 Å². The average molecular weight is 653 g/mol. The number of anilines is 1. The molecule has 226 valence electrons. The van der Waals surface area contributed by atoms with Crippen molar-refractivity contribution in [2.45, 2.75) is 58.7 Å². The summed E-state index contributed by atoms with van der Waals surface area (Å²) < 4.78 is 26.7. The van der Waals surface area contributed by atoms with Crippen LogP contribution < -0.4 is 9.62 Å². The predicted molar refractivity (Wildman–Crippen MR) is 172 cm³/mol. The Labute approximate surface area is 263 Å². The van der Waals surface area contributed by atoms with E-state index in [-0.39, 0.29) is 50.2 Å². The molecule has 0 saturated carbocycles. The number of nitrogens with zero attached hydrogens (tertiary/aromatic N) is 2. The van der Waals surface area contributed by atoms with Gasteiger partial charge < -0.3 is 10.2 Å². The van der Waals surface area contributed by atoms with Gasteiger partial charge in [0.2, 0.25) is 21.8 Å². The number of benzene rings is 3. The summed E-state index contributed by atoms with van der Waals surface area (Å²) in [6.45, 7) is 5.65. The fraction of sp³-hybridized carbons (Fsp3) is 0.355. The third-order valence-corrected chi connectivity index (χ3v) is 8.65. The van der Waals surface area contributed by atoms with Gasteiger partial charge in [0, 0.05) is 47.0 Å². The maximum Gasteiger partial charge on any atom is 0.243 e. The fourth-order valence-electron chi connectivity index (χ4n) is 4.60. The summed E-state index contributed by atoms with van der Waals surface area (Å²) in [5.41, 5.74) is 2.72. The average Bonchev–Trinajstić information content (AvgIpc) is 2.90. The summed E-state index contributed by atoms with van der Waals surface area (Å²) in [5.74, 6) is -0.600. The third kappa shape index (κ3) is 9.63. The quantitative estimate of drug-likeness (QED) is 0.224. The molecule has 0 aliphatic rings. The molecular formula is C31H36Cl3N3O4S. The van der Waals surface area contributed by atoms with Gasteiger partial charge in [-0.05, 0) is 68.1 Å². The molecule has 1 atom stereocenters. The minimum Gasteiger partial charge on any atom is -0.352 e. The Morgan fingerprint density at radius 2 is 1.57 bits per heavy atom. The molecule has 0 saturated heterocycles. The van der Waals surface area contributed by atoms with Crippen LogP contribution in [0.4, 0.5) is 5.69 Å². The Kier molecular flexibility index (Phi) is 12.1. The van der Waals surface area contributed by atoms with Gasteiger partial charge in [0.1, 0.15) is 6.04 Å². The summed E-state index contributed by atoms with van der Waals surface area (Å²) in [4.78, 5) is 29.0. The molecule has 42 heavy (non-hydrogen) atoms. The highest BCUT2D eigenvalue weighted by atomic mass is 35.5. The summed E-state index contributed by atoms with van der Waals surface area (Å²) in [5, 5.41) is 4.19. The molecule has 0 fully saturated rings. The van der Waals surface area contributed by atoms with E-state index in [9.17, 15) is 18.0 Å². The van der Waals surface area contributed by atoms with Gasteiger partial charge in [0.25, 0.3) is 0 Å². The topological polar surface area (TPSA) is 86.8 Å². The van der Waals surface area contributed by atoms with E-state index < -0.39 is 16.1 Å². The first-order valence-corrected chi connectivity index (χ1v) is 16.6. The van der Waals surface area contributed by atoms with Crippen LogP contribution in [0.1, 0.15) is 43.4 Å². The van der Waals surface area contributed by atoms with Crippen molar-refractivity contribution < 1.29 is 18.0 Å². The van der Waals surface area contributed by atoms with Crippen LogP contribution in [0.3, 0.4) is 0 Å². The van der Waals surface area contributed by atoms with Crippen molar-refractivity contribution in [1.82, 2.24) is 10.2 Å². The molecule has 3 aromatic rings. The van der Waals surface area contributed by atoms with Crippen LogP contribution in [0.15, 0.2) is 66.7 Å². The molecule has 0 bridgehead atoms. The highest BCUT2D eigenvalue weighted by Gasteiger charge is 2.31. The molecule has 0 aliphatic heterocycles. The highest BCUT2D eigenvalue weighted by Crippen LogP contribution is 2.28. The first kappa shape index (κ1) is 33.7. The molecule has 0 aliphatic carbocycles. The van der Waals surface area contributed by atoms with Crippen molar-refractivity contribution in [1.29, 1.82) is 0 Å². The van der Waals surface area contributed by atoms with Gasteiger partial charge in [-0.1, -0.05) is 77.3 Å². The molecule has 3 rings (SSSR count). The highest BCUT2D eigenvalue weighted by molar-refractivity contribution is 7.92. The Hall–Kier alpha value is -2.78. The molecule has 0 unspecified atom stereocenters. The van der Waals surface area contributed by atoms with Gasteiger partial charge in [-0.3, -0.25) is 13.9 Å². The second kappa shape index (κ2) is 15.1. The smallest absolute Gasteiger partial charge is 0.243 e. The number of halogens is 3. The number of carbonyl (C=O) groups is 2. The summed E-state index contributed by atoms with van der Waals surface area (Å²) in [7, 11) is -3.66. The number of carbonyl (C=O) groups excluding carboxylic acids is 2. The lowest BCUT2D eigenvalue weighted by Gasteiger charge is -2.33. The van der Waals surface area contributed by atoms with Crippen LogP contribution in [0, 0.1) is 6.92 Å². The number of rotatable bonds is 13. The molecule has 7 nitrogen and oxygen atoms in total. The predicted octanol–water partition coefficient (Wildman–Crippen LogP) is 6.67. The minimum absolute atomic E-state index is 0.00289. The van der Waals surface area contributed by atoms with Crippen LogP contribution in [0.25, 0.3) is 0 Å². The van der Waals surface area contributed by atoms with E-state index in [0.717, 1.165) is 17.4 Å². The molecule has 3 aromatic carbocycles. The van der Waals surface area contributed by atoms with Crippen molar-refractivity contribution in [2.24, 2.45) is 0 Å². The van der Waals surface area contributed by atoms with Crippen molar-refractivity contribution in [3.8, 4) is 0 Å². The Balaban J connectivity index is 1.93. The normalized spacial score (nSPS) is 12.2. The molecule has 0 heterocycles. The Morgan fingerprint density at radius 1 is 0.929 bits per heavy atom. The van der Waals surface area contributed by atoms with Gasteiger partial charge >= 0.3 is 0 Å². The first-order valence-electron chi connectivity index (χ1n) is 13.6. The zero-order valence-corrected chi connectivity index (χ0v) is 27.2. The van der Waals surface area contributed by atoms with Crippen LogP contribution in [-0.4, -0.2) is 50.0 Å².